The number of halogens is 6. The monoisotopic (exact) mass is 574 g/mol. The van der Waals surface area contributed by atoms with E-state index in [-0.39, 0.29) is 48.9 Å². The summed E-state index contributed by atoms with van der Waals surface area (Å²) in [5, 5.41) is 16.3. The molecule has 1 aromatic heterocycles. The third-order valence-electron chi connectivity index (χ3n) is 7.66. The highest BCUT2D eigenvalue weighted by Crippen LogP contribution is 2.40. The number of piperidine rings is 1. The predicted molar refractivity (Wildman–Crippen MR) is 134 cm³/mol. The molecule has 0 unspecified atom stereocenters. The van der Waals surface area contributed by atoms with Gasteiger partial charge in [-0.05, 0) is 50.8 Å². The molecular weight excluding hydrogens is 542 g/mol. The first kappa shape index (κ1) is 29.9. The lowest BCUT2D eigenvalue weighted by Crippen LogP contribution is -2.50. The van der Waals surface area contributed by atoms with Crippen molar-refractivity contribution < 1.29 is 41.0 Å². The molecule has 40 heavy (non-hydrogen) atoms. The van der Waals surface area contributed by atoms with Crippen LogP contribution in [0, 0.1) is 0 Å². The Balaban J connectivity index is 1.57. The average Bonchev–Trinajstić information content (AvgIpc) is 3.56. The summed E-state index contributed by atoms with van der Waals surface area (Å²) in [7, 11) is 0. The first-order valence-corrected chi connectivity index (χ1v) is 13.4. The molecule has 2 heterocycles. The molecule has 1 aromatic carbocycles. The molecule has 1 saturated heterocycles. The highest BCUT2D eigenvalue weighted by Gasteiger charge is 2.44. The van der Waals surface area contributed by atoms with E-state index in [4.69, 9.17) is 0 Å². The summed E-state index contributed by atoms with van der Waals surface area (Å²) in [6.45, 7) is 0.148. The number of likely N-dealkylation sites (tertiary alicyclic amines) is 1. The zero-order chi connectivity index (χ0) is 29.1. The van der Waals surface area contributed by atoms with Crippen LogP contribution in [0.3, 0.4) is 0 Å². The fourth-order valence-electron chi connectivity index (χ4n) is 5.73. The molecular formula is C27H32F6N4O3. The molecule has 0 spiro atoms. The molecule has 2 aliphatic rings. The van der Waals surface area contributed by atoms with E-state index >= 15 is 0 Å². The van der Waals surface area contributed by atoms with Crippen LogP contribution >= 0.6 is 0 Å². The SMILES string of the molecule is O=C(O)C[C@H](CCN1CCCC[C@@H]1C(F)(F)F)NC(=O)c1cc(-c2ccccc2C(F)(F)F)n(C2CCCC2)n1. The second-order valence-electron chi connectivity index (χ2n) is 10.5. The third kappa shape index (κ3) is 7.15. The van der Waals surface area contributed by atoms with Gasteiger partial charge in [-0.25, -0.2) is 0 Å². The van der Waals surface area contributed by atoms with Crippen LogP contribution in [0.1, 0.15) is 79.9 Å². The van der Waals surface area contributed by atoms with E-state index in [1.807, 2.05) is 0 Å². The Morgan fingerprint density at radius 2 is 1.70 bits per heavy atom. The van der Waals surface area contributed by atoms with E-state index in [2.05, 4.69) is 10.4 Å². The number of amides is 1. The number of nitrogens with zero attached hydrogens (tertiary/aromatic N) is 3. The number of carboxylic acid groups (broad SMARTS) is 1. The van der Waals surface area contributed by atoms with Crippen molar-refractivity contribution >= 4 is 11.9 Å². The number of carboxylic acids is 1. The Labute approximate surface area is 227 Å². The maximum atomic E-state index is 13.8. The van der Waals surface area contributed by atoms with Gasteiger partial charge in [0.05, 0.1) is 23.7 Å². The van der Waals surface area contributed by atoms with Crippen molar-refractivity contribution in [3.05, 3.63) is 41.6 Å². The van der Waals surface area contributed by atoms with Gasteiger partial charge in [0, 0.05) is 18.2 Å². The predicted octanol–water partition coefficient (Wildman–Crippen LogP) is 6.06. The van der Waals surface area contributed by atoms with E-state index in [0.29, 0.717) is 25.7 Å². The van der Waals surface area contributed by atoms with Gasteiger partial charge in [0.2, 0.25) is 0 Å². The molecule has 1 aliphatic carbocycles. The Hall–Kier alpha value is -3.09. The minimum absolute atomic E-state index is 0.0414. The maximum absolute atomic E-state index is 13.8. The molecule has 0 radical (unpaired) electrons. The molecule has 7 nitrogen and oxygen atoms in total. The third-order valence-corrected chi connectivity index (χ3v) is 7.66. The second kappa shape index (κ2) is 12.2. The summed E-state index contributed by atoms with van der Waals surface area (Å²) in [6.07, 6.45) is -5.54. The fourth-order valence-corrected chi connectivity index (χ4v) is 5.73. The zero-order valence-electron chi connectivity index (χ0n) is 21.8. The van der Waals surface area contributed by atoms with E-state index < -0.39 is 48.3 Å². The summed E-state index contributed by atoms with van der Waals surface area (Å²) >= 11 is 0. The summed E-state index contributed by atoms with van der Waals surface area (Å²) < 4.78 is 83.3. The van der Waals surface area contributed by atoms with Crippen LogP contribution in [-0.2, 0) is 11.0 Å². The molecule has 2 atom stereocenters. The minimum Gasteiger partial charge on any atom is -0.481 e. The number of alkyl halides is 6. The first-order valence-electron chi connectivity index (χ1n) is 13.4. The van der Waals surface area contributed by atoms with Crippen LogP contribution in [0.15, 0.2) is 30.3 Å². The van der Waals surface area contributed by atoms with Gasteiger partial charge in [-0.2, -0.15) is 31.4 Å². The van der Waals surface area contributed by atoms with Gasteiger partial charge in [-0.15, -0.1) is 0 Å². The second-order valence-corrected chi connectivity index (χ2v) is 10.5. The lowest BCUT2D eigenvalue weighted by atomic mass is 10.00. The summed E-state index contributed by atoms with van der Waals surface area (Å²) in [5.74, 6) is -2.03. The quantitative estimate of drug-likeness (QED) is 0.356. The van der Waals surface area contributed by atoms with Gasteiger partial charge in [0.25, 0.3) is 5.91 Å². The molecule has 13 heteroatoms. The molecule has 2 fully saturated rings. The van der Waals surface area contributed by atoms with E-state index in [1.165, 1.54) is 33.8 Å². The number of carbonyl (C=O) groups excluding carboxylic acids is 1. The van der Waals surface area contributed by atoms with Gasteiger partial charge in [0.15, 0.2) is 5.69 Å². The summed E-state index contributed by atoms with van der Waals surface area (Å²) in [6, 6.07) is 3.46. The van der Waals surface area contributed by atoms with E-state index in [1.54, 1.807) is 0 Å². The fraction of sp³-hybridized carbons (Fsp3) is 0.593. The van der Waals surface area contributed by atoms with Crippen molar-refractivity contribution in [1.29, 1.82) is 0 Å². The number of hydrogen-bond donors (Lipinski definition) is 2. The Bertz CT molecular complexity index is 1190. The topological polar surface area (TPSA) is 87.5 Å². The highest BCUT2D eigenvalue weighted by atomic mass is 19.4. The number of carbonyl (C=O) groups is 2. The van der Waals surface area contributed by atoms with Gasteiger partial charge in [-0.3, -0.25) is 19.2 Å². The molecule has 1 amide bonds. The number of rotatable bonds is 9. The van der Waals surface area contributed by atoms with Crippen molar-refractivity contribution in [3.8, 4) is 11.3 Å². The lowest BCUT2D eigenvalue weighted by molar-refractivity contribution is -0.191. The summed E-state index contributed by atoms with van der Waals surface area (Å²) in [4.78, 5) is 26.0. The Kier molecular flexibility index (Phi) is 9.11. The molecule has 4 rings (SSSR count). The normalized spacial score (nSPS) is 20.0. The number of benzene rings is 1. The first-order chi connectivity index (χ1) is 18.8. The zero-order valence-corrected chi connectivity index (χ0v) is 21.8. The smallest absolute Gasteiger partial charge is 0.417 e. The molecule has 1 saturated carbocycles. The van der Waals surface area contributed by atoms with E-state index in [9.17, 15) is 41.0 Å². The van der Waals surface area contributed by atoms with Crippen LogP contribution in [0.4, 0.5) is 26.3 Å². The highest BCUT2D eigenvalue weighted by molar-refractivity contribution is 5.94. The summed E-state index contributed by atoms with van der Waals surface area (Å²) in [5.41, 5.74) is -1.05. The number of hydrogen-bond acceptors (Lipinski definition) is 4. The van der Waals surface area contributed by atoms with Gasteiger partial charge >= 0.3 is 18.3 Å². The van der Waals surface area contributed by atoms with Crippen molar-refractivity contribution in [1.82, 2.24) is 20.0 Å². The average molecular weight is 575 g/mol. The number of nitrogens with one attached hydrogen (secondary N) is 1. The number of aliphatic carboxylic acids is 1. The van der Waals surface area contributed by atoms with Crippen LogP contribution in [0.25, 0.3) is 11.3 Å². The molecule has 1 aliphatic heterocycles. The van der Waals surface area contributed by atoms with Crippen LogP contribution in [0.2, 0.25) is 0 Å². The lowest BCUT2D eigenvalue weighted by Gasteiger charge is -2.37. The van der Waals surface area contributed by atoms with Crippen LogP contribution in [-0.4, -0.2) is 63.0 Å². The molecule has 220 valence electrons. The van der Waals surface area contributed by atoms with Crippen molar-refractivity contribution in [2.75, 3.05) is 13.1 Å². The van der Waals surface area contributed by atoms with Crippen molar-refractivity contribution in [2.45, 2.75) is 88.3 Å². The number of aromatic nitrogens is 2. The van der Waals surface area contributed by atoms with Crippen molar-refractivity contribution in [2.24, 2.45) is 0 Å². The van der Waals surface area contributed by atoms with Crippen molar-refractivity contribution in [3.63, 3.8) is 0 Å². The van der Waals surface area contributed by atoms with Gasteiger partial charge < -0.3 is 10.4 Å². The van der Waals surface area contributed by atoms with Gasteiger partial charge in [-0.1, -0.05) is 37.5 Å². The molecule has 2 N–H and O–H groups in total. The standard InChI is InChI=1S/C27H32F6N4O3/c28-26(29,30)20-10-4-3-9-19(20)22-16-21(35-37(22)18-7-1-2-8-18)25(40)34-17(15-24(38)39)12-14-36-13-6-5-11-23(36)27(31,32)33/h3-4,9-10,16-18,23H,1-2,5-8,11-15H2,(H,34,40)(H,38,39)/t17-,23+/m0/s1. The Morgan fingerprint density at radius 3 is 2.35 bits per heavy atom. The van der Waals surface area contributed by atoms with E-state index in [0.717, 1.165) is 18.9 Å². The minimum atomic E-state index is -4.64. The maximum Gasteiger partial charge on any atom is 0.417 e. The Morgan fingerprint density at radius 1 is 1.02 bits per heavy atom. The van der Waals surface area contributed by atoms with Crippen LogP contribution in [0.5, 0.6) is 0 Å². The van der Waals surface area contributed by atoms with Crippen LogP contribution < -0.4 is 5.32 Å². The largest absolute Gasteiger partial charge is 0.481 e. The van der Waals surface area contributed by atoms with Gasteiger partial charge in [0.1, 0.15) is 6.04 Å². The molecule has 2 aromatic rings. The molecule has 0 bridgehead atoms.